The molecule has 3 aromatic rings. The second-order valence-corrected chi connectivity index (χ2v) is 6.63. The Hall–Kier alpha value is -3.00. The third-order valence-electron chi connectivity index (χ3n) is 3.56. The first kappa shape index (κ1) is 18.8. The Morgan fingerprint density at radius 3 is 2.63 bits per heavy atom. The van der Waals surface area contributed by atoms with Crippen LogP contribution in [0.2, 0.25) is 0 Å². The maximum atomic E-state index is 12.1. The molecule has 3 rings (SSSR count). The SMILES string of the molecule is Cc1nc(NCCNC(=O)c2cccc(Br)c2)cc(Nc2ccccn2)n1. The summed E-state index contributed by atoms with van der Waals surface area (Å²) in [5, 5.41) is 9.21. The van der Waals surface area contributed by atoms with Crippen LogP contribution < -0.4 is 16.0 Å². The number of hydrogen-bond donors (Lipinski definition) is 3. The highest BCUT2D eigenvalue weighted by Gasteiger charge is 2.06. The molecule has 7 nitrogen and oxygen atoms in total. The number of anilines is 3. The van der Waals surface area contributed by atoms with Crippen molar-refractivity contribution >= 4 is 39.3 Å². The highest BCUT2D eigenvalue weighted by atomic mass is 79.9. The van der Waals surface area contributed by atoms with Crippen LogP contribution in [0.3, 0.4) is 0 Å². The number of halogens is 1. The van der Waals surface area contributed by atoms with E-state index in [0.29, 0.717) is 41.9 Å². The zero-order valence-corrected chi connectivity index (χ0v) is 16.3. The van der Waals surface area contributed by atoms with Crippen LogP contribution in [0.25, 0.3) is 0 Å². The van der Waals surface area contributed by atoms with Crippen LogP contribution in [-0.2, 0) is 0 Å². The van der Waals surface area contributed by atoms with E-state index in [1.165, 1.54) is 0 Å². The molecule has 0 aliphatic carbocycles. The predicted octanol–water partition coefficient (Wildman–Crippen LogP) is 3.53. The fourth-order valence-electron chi connectivity index (χ4n) is 2.39. The molecule has 0 saturated heterocycles. The van der Waals surface area contributed by atoms with Crippen molar-refractivity contribution in [3.63, 3.8) is 0 Å². The highest BCUT2D eigenvalue weighted by Crippen LogP contribution is 2.15. The lowest BCUT2D eigenvalue weighted by molar-refractivity contribution is 0.0955. The van der Waals surface area contributed by atoms with Crippen LogP contribution in [0.15, 0.2) is 59.2 Å². The summed E-state index contributed by atoms with van der Waals surface area (Å²) in [6.07, 6.45) is 1.71. The van der Waals surface area contributed by atoms with Crippen LogP contribution in [0, 0.1) is 6.92 Å². The van der Waals surface area contributed by atoms with Gasteiger partial charge in [-0.1, -0.05) is 28.1 Å². The molecule has 0 spiro atoms. The lowest BCUT2D eigenvalue weighted by Crippen LogP contribution is -2.28. The molecule has 0 fully saturated rings. The van der Waals surface area contributed by atoms with E-state index in [1.807, 2.05) is 37.3 Å². The second kappa shape index (κ2) is 9.09. The number of benzene rings is 1. The Morgan fingerprint density at radius 2 is 1.85 bits per heavy atom. The molecule has 0 unspecified atom stereocenters. The summed E-state index contributed by atoms with van der Waals surface area (Å²) in [4.78, 5) is 25.1. The van der Waals surface area contributed by atoms with Crippen LogP contribution >= 0.6 is 15.9 Å². The van der Waals surface area contributed by atoms with Gasteiger partial charge in [0.05, 0.1) is 0 Å². The van der Waals surface area contributed by atoms with E-state index in [-0.39, 0.29) is 5.91 Å². The van der Waals surface area contributed by atoms with Crippen LogP contribution in [0.4, 0.5) is 17.5 Å². The normalized spacial score (nSPS) is 10.3. The minimum atomic E-state index is -0.116. The molecule has 3 N–H and O–H groups in total. The molecular weight excluding hydrogens is 408 g/mol. The Labute approximate surface area is 165 Å². The number of nitrogens with zero attached hydrogens (tertiary/aromatic N) is 3. The standard InChI is InChI=1S/C19H19BrN6O/c1-13-24-17(12-18(25-13)26-16-7-2-3-8-21-16)22-9-10-23-19(27)14-5-4-6-15(20)11-14/h2-8,11-12H,9-10H2,1H3,(H,23,27)(H2,21,22,24,25,26). The Morgan fingerprint density at radius 1 is 1.00 bits per heavy atom. The number of aromatic nitrogens is 3. The number of carbonyl (C=O) groups excluding carboxylic acids is 1. The smallest absolute Gasteiger partial charge is 0.251 e. The van der Waals surface area contributed by atoms with E-state index in [9.17, 15) is 4.79 Å². The molecule has 1 amide bonds. The fraction of sp³-hybridized carbons (Fsp3) is 0.158. The van der Waals surface area contributed by atoms with Gasteiger partial charge in [0.2, 0.25) is 0 Å². The topological polar surface area (TPSA) is 91.8 Å². The van der Waals surface area contributed by atoms with Gasteiger partial charge in [-0.05, 0) is 37.3 Å². The summed E-state index contributed by atoms with van der Waals surface area (Å²) in [6, 6.07) is 14.7. The van der Waals surface area contributed by atoms with E-state index in [1.54, 1.807) is 24.4 Å². The number of hydrogen-bond acceptors (Lipinski definition) is 6. The first-order chi connectivity index (χ1) is 13.1. The van der Waals surface area contributed by atoms with Crippen molar-refractivity contribution in [2.45, 2.75) is 6.92 Å². The summed E-state index contributed by atoms with van der Waals surface area (Å²) in [6.45, 7) is 2.83. The number of aryl methyl sites for hydroxylation is 1. The average molecular weight is 427 g/mol. The van der Waals surface area contributed by atoms with Crippen molar-refractivity contribution < 1.29 is 4.79 Å². The van der Waals surface area contributed by atoms with Crippen molar-refractivity contribution in [1.82, 2.24) is 20.3 Å². The van der Waals surface area contributed by atoms with Gasteiger partial charge < -0.3 is 16.0 Å². The maximum absolute atomic E-state index is 12.1. The fourth-order valence-corrected chi connectivity index (χ4v) is 2.79. The number of rotatable bonds is 7. The number of nitrogens with one attached hydrogen (secondary N) is 3. The lowest BCUT2D eigenvalue weighted by atomic mass is 10.2. The van der Waals surface area contributed by atoms with E-state index in [4.69, 9.17) is 0 Å². The van der Waals surface area contributed by atoms with E-state index >= 15 is 0 Å². The zero-order chi connectivity index (χ0) is 19.1. The molecule has 8 heteroatoms. The molecule has 27 heavy (non-hydrogen) atoms. The Balaban J connectivity index is 1.53. The van der Waals surface area contributed by atoms with Gasteiger partial charge in [-0.15, -0.1) is 0 Å². The third-order valence-corrected chi connectivity index (χ3v) is 4.06. The molecule has 0 aliphatic heterocycles. The lowest BCUT2D eigenvalue weighted by Gasteiger charge is -2.10. The van der Waals surface area contributed by atoms with Crippen molar-refractivity contribution in [3.8, 4) is 0 Å². The molecule has 2 heterocycles. The molecule has 138 valence electrons. The highest BCUT2D eigenvalue weighted by molar-refractivity contribution is 9.10. The summed E-state index contributed by atoms with van der Waals surface area (Å²) in [7, 11) is 0. The summed E-state index contributed by atoms with van der Waals surface area (Å²) in [5.41, 5.74) is 0.615. The molecule has 0 saturated carbocycles. The molecule has 0 bridgehead atoms. The number of carbonyl (C=O) groups is 1. The summed E-state index contributed by atoms with van der Waals surface area (Å²) in [5.74, 6) is 2.56. The Kier molecular flexibility index (Phi) is 6.32. The minimum Gasteiger partial charge on any atom is -0.368 e. The number of pyridine rings is 1. The molecule has 2 aromatic heterocycles. The number of amides is 1. The van der Waals surface area contributed by atoms with Gasteiger partial charge in [0.15, 0.2) is 0 Å². The second-order valence-electron chi connectivity index (χ2n) is 5.72. The first-order valence-corrected chi connectivity index (χ1v) is 9.21. The van der Waals surface area contributed by atoms with Gasteiger partial charge in [-0.25, -0.2) is 15.0 Å². The summed E-state index contributed by atoms with van der Waals surface area (Å²) < 4.78 is 0.873. The van der Waals surface area contributed by atoms with Crippen LogP contribution in [0.5, 0.6) is 0 Å². The van der Waals surface area contributed by atoms with Crippen LogP contribution in [0.1, 0.15) is 16.2 Å². The van der Waals surface area contributed by atoms with Crippen molar-refractivity contribution in [2.75, 3.05) is 23.7 Å². The monoisotopic (exact) mass is 426 g/mol. The largest absolute Gasteiger partial charge is 0.368 e. The quantitative estimate of drug-likeness (QED) is 0.500. The van der Waals surface area contributed by atoms with Gasteiger partial charge in [-0.3, -0.25) is 4.79 Å². The van der Waals surface area contributed by atoms with Crippen molar-refractivity contribution in [1.29, 1.82) is 0 Å². The summed E-state index contributed by atoms with van der Waals surface area (Å²) >= 11 is 3.36. The van der Waals surface area contributed by atoms with Gasteiger partial charge >= 0.3 is 0 Å². The van der Waals surface area contributed by atoms with E-state index in [0.717, 1.165) is 4.47 Å². The van der Waals surface area contributed by atoms with Crippen molar-refractivity contribution in [2.24, 2.45) is 0 Å². The molecule has 1 aromatic carbocycles. The van der Waals surface area contributed by atoms with Crippen LogP contribution in [-0.4, -0.2) is 33.9 Å². The Bertz CT molecular complexity index is 919. The van der Waals surface area contributed by atoms with Gasteiger partial charge in [0, 0.05) is 35.4 Å². The molecule has 0 radical (unpaired) electrons. The third kappa shape index (κ3) is 5.75. The van der Waals surface area contributed by atoms with Gasteiger partial charge in [-0.2, -0.15) is 0 Å². The zero-order valence-electron chi connectivity index (χ0n) is 14.7. The minimum absolute atomic E-state index is 0.116. The van der Waals surface area contributed by atoms with E-state index in [2.05, 4.69) is 46.8 Å². The first-order valence-electron chi connectivity index (χ1n) is 8.41. The molecular formula is C19H19BrN6O. The van der Waals surface area contributed by atoms with Crippen molar-refractivity contribution in [3.05, 3.63) is 70.6 Å². The maximum Gasteiger partial charge on any atom is 0.251 e. The molecule has 0 aliphatic rings. The van der Waals surface area contributed by atoms with E-state index < -0.39 is 0 Å². The average Bonchev–Trinajstić information content (AvgIpc) is 2.65. The van der Waals surface area contributed by atoms with Gasteiger partial charge in [0.25, 0.3) is 5.91 Å². The van der Waals surface area contributed by atoms with Gasteiger partial charge in [0.1, 0.15) is 23.3 Å². The predicted molar refractivity (Wildman–Crippen MR) is 109 cm³/mol. The molecule has 0 atom stereocenters.